The van der Waals surface area contributed by atoms with Crippen molar-refractivity contribution < 1.29 is 57.7 Å². The van der Waals surface area contributed by atoms with Crippen LogP contribution in [0, 0.1) is 0 Å². The van der Waals surface area contributed by atoms with Crippen LogP contribution in [0.15, 0.2) is 42.5 Å². The molecule has 0 aromatic heterocycles. The number of benzene rings is 2. The van der Waals surface area contributed by atoms with E-state index in [0.29, 0.717) is 11.1 Å². The van der Waals surface area contributed by atoms with Gasteiger partial charge in [0.05, 0.1) is 12.2 Å². The van der Waals surface area contributed by atoms with Crippen LogP contribution in [0.25, 0.3) is 0 Å². The molecule has 35 heavy (non-hydrogen) atoms. The molecule has 192 valence electrons. The van der Waals surface area contributed by atoms with E-state index in [9.17, 15) is 38.4 Å². The summed E-state index contributed by atoms with van der Waals surface area (Å²) in [7, 11) is 0. The highest BCUT2D eigenvalue weighted by Crippen LogP contribution is 2.40. The smallest absolute Gasteiger partial charge is 0.416 e. The molecule has 1 aliphatic rings. The topological polar surface area (TPSA) is 146 Å². The quantitative estimate of drug-likeness (QED) is 0.369. The van der Waals surface area contributed by atoms with Gasteiger partial charge in [-0.25, -0.2) is 4.79 Å². The number of hydrogen-bond acceptors (Lipinski definition) is 8. The highest BCUT2D eigenvalue weighted by Gasteiger charge is 2.48. The molecule has 0 spiro atoms. The molecule has 1 aliphatic heterocycles. The summed E-state index contributed by atoms with van der Waals surface area (Å²) in [5.74, 6) is -1.62. The molecule has 2 aromatic rings. The Labute approximate surface area is 201 Å². The largest absolute Gasteiger partial charge is 0.479 e. The lowest BCUT2D eigenvalue weighted by atomic mass is 9.91. The number of carbonyl (C=O) groups is 1. The molecule has 5 N–H and O–H groups in total. The lowest BCUT2D eigenvalue weighted by molar-refractivity contribution is -0.301. The third-order valence-corrected chi connectivity index (χ3v) is 5.52. The van der Waals surface area contributed by atoms with Crippen LogP contribution in [0.2, 0.25) is 5.02 Å². The summed E-state index contributed by atoms with van der Waals surface area (Å²) >= 11 is 5.78. The number of hydrogen-bond donors (Lipinski definition) is 5. The van der Waals surface area contributed by atoms with Crippen LogP contribution in [0.5, 0.6) is 11.5 Å². The van der Waals surface area contributed by atoms with Crippen molar-refractivity contribution in [3.05, 3.63) is 58.6 Å². The minimum absolute atomic E-state index is 0.174. The number of alkyl halides is 3. The summed E-state index contributed by atoms with van der Waals surface area (Å²) in [5.41, 5.74) is -4.15. The Hall–Kier alpha value is -2.45. The Morgan fingerprint density at radius 2 is 1.60 bits per heavy atom. The highest BCUT2D eigenvalue weighted by atomic mass is 35.5. The molecule has 1 heterocycles. The van der Waals surface area contributed by atoms with Crippen molar-refractivity contribution in [2.45, 2.75) is 49.4 Å². The SMILES string of the molecule is CC(O)(CO[C@H]1O[C@H](C(=O)O)[C@@H](O)[C@H](O)[C@H]1O)c1ccc(Oc2ccc(Cl)cc2)cc1C(F)(F)F. The average molecular weight is 523 g/mol. The fourth-order valence-electron chi connectivity index (χ4n) is 3.44. The number of aliphatic carboxylic acids is 1. The Balaban J connectivity index is 1.82. The Kier molecular flexibility index (Phi) is 7.96. The Morgan fingerprint density at radius 1 is 1.00 bits per heavy atom. The van der Waals surface area contributed by atoms with Crippen molar-refractivity contribution >= 4 is 17.6 Å². The number of rotatable bonds is 7. The Morgan fingerprint density at radius 3 is 2.17 bits per heavy atom. The van der Waals surface area contributed by atoms with Gasteiger partial charge in [0, 0.05) is 5.02 Å². The van der Waals surface area contributed by atoms with Gasteiger partial charge in [-0.2, -0.15) is 13.2 Å². The maximum atomic E-state index is 13.8. The highest BCUT2D eigenvalue weighted by molar-refractivity contribution is 6.30. The van der Waals surface area contributed by atoms with Gasteiger partial charge in [-0.15, -0.1) is 0 Å². The van der Waals surface area contributed by atoms with Gasteiger partial charge in [0.1, 0.15) is 35.4 Å². The van der Waals surface area contributed by atoms with Crippen LogP contribution < -0.4 is 4.74 Å². The van der Waals surface area contributed by atoms with E-state index in [1.807, 2.05) is 0 Å². The van der Waals surface area contributed by atoms with Gasteiger partial charge in [0.15, 0.2) is 12.4 Å². The molecular weight excluding hydrogens is 501 g/mol. The Bertz CT molecular complexity index is 1050. The van der Waals surface area contributed by atoms with Gasteiger partial charge in [0.2, 0.25) is 0 Å². The summed E-state index contributed by atoms with van der Waals surface area (Å²) < 4.78 is 57.0. The molecule has 0 amide bonds. The molecule has 0 aliphatic carbocycles. The zero-order valence-corrected chi connectivity index (χ0v) is 18.8. The number of carboxylic acid groups (broad SMARTS) is 1. The first kappa shape index (κ1) is 27.1. The van der Waals surface area contributed by atoms with Gasteiger partial charge in [-0.3, -0.25) is 0 Å². The first-order valence-electron chi connectivity index (χ1n) is 10.1. The second-order valence-electron chi connectivity index (χ2n) is 8.08. The summed E-state index contributed by atoms with van der Waals surface area (Å²) in [6.45, 7) is 0.108. The summed E-state index contributed by atoms with van der Waals surface area (Å²) in [6.07, 6.45) is -14.6. The average Bonchev–Trinajstić information content (AvgIpc) is 2.77. The summed E-state index contributed by atoms with van der Waals surface area (Å²) in [4.78, 5) is 11.2. The van der Waals surface area contributed by atoms with E-state index in [0.717, 1.165) is 13.0 Å². The van der Waals surface area contributed by atoms with Crippen molar-refractivity contribution in [3.8, 4) is 11.5 Å². The van der Waals surface area contributed by atoms with E-state index < -0.39 is 66.2 Å². The number of halogens is 4. The van der Waals surface area contributed by atoms with Crippen LogP contribution in [-0.2, 0) is 26.0 Å². The number of carboxylic acids is 1. The van der Waals surface area contributed by atoms with Gasteiger partial charge >= 0.3 is 12.1 Å². The molecule has 13 heteroatoms. The van der Waals surface area contributed by atoms with Crippen LogP contribution in [-0.4, -0.2) is 68.8 Å². The van der Waals surface area contributed by atoms with Crippen molar-refractivity contribution in [1.82, 2.24) is 0 Å². The molecule has 0 radical (unpaired) electrons. The van der Waals surface area contributed by atoms with E-state index in [1.165, 1.54) is 30.3 Å². The maximum absolute atomic E-state index is 13.8. The minimum atomic E-state index is -4.91. The van der Waals surface area contributed by atoms with E-state index >= 15 is 0 Å². The predicted molar refractivity (Wildman–Crippen MR) is 113 cm³/mol. The fourth-order valence-corrected chi connectivity index (χ4v) is 3.57. The van der Waals surface area contributed by atoms with Gasteiger partial charge < -0.3 is 39.7 Å². The lowest BCUT2D eigenvalue weighted by Gasteiger charge is -2.39. The van der Waals surface area contributed by atoms with Crippen molar-refractivity contribution in [2.75, 3.05) is 6.61 Å². The van der Waals surface area contributed by atoms with Gasteiger partial charge in [-0.1, -0.05) is 17.7 Å². The monoisotopic (exact) mass is 522 g/mol. The predicted octanol–water partition coefficient (Wildman–Crippen LogP) is 2.27. The molecular formula is C22H22ClF3O9. The van der Waals surface area contributed by atoms with Crippen molar-refractivity contribution in [1.29, 1.82) is 0 Å². The first-order chi connectivity index (χ1) is 16.2. The summed E-state index contributed by atoms with van der Waals surface area (Å²) in [6, 6.07) is 8.76. The van der Waals surface area contributed by atoms with Gasteiger partial charge in [-0.05, 0) is 48.9 Å². The normalized spacial score (nSPS) is 26.7. The van der Waals surface area contributed by atoms with Crippen molar-refractivity contribution in [3.63, 3.8) is 0 Å². The molecule has 3 rings (SSSR count). The number of aliphatic hydroxyl groups excluding tert-OH is 3. The molecule has 0 bridgehead atoms. The van der Waals surface area contributed by atoms with E-state index in [1.54, 1.807) is 0 Å². The van der Waals surface area contributed by atoms with Crippen molar-refractivity contribution in [2.24, 2.45) is 0 Å². The molecule has 1 unspecified atom stereocenters. The lowest BCUT2D eigenvalue weighted by Crippen LogP contribution is -2.60. The molecule has 6 atom stereocenters. The molecule has 9 nitrogen and oxygen atoms in total. The number of ether oxygens (including phenoxy) is 3. The second kappa shape index (κ2) is 10.3. The third kappa shape index (κ3) is 6.22. The molecule has 1 saturated heterocycles. The summed E-state index contributed by atoms with van der Waals surface area (Å²) in [5, 5.41) is 49.9. The maximum Gasteiger partial charge on any atom is 0.416 e. The van der Waals surface area contributed by atoms with Crippen LogP contribution in [0.1, 0.15) is 18.1 Å². The van der Waals surface area contributed by atoms with E-state index in [2.05, 4.69) is 0 Å². The second-order valence-corrected chi connectivity index (χ2v) is 8.52. The minimum Gasteiger partial charge on any atom is -0.479 e. The van der Waals surface area contributed by atoms with Gasteiger partial charge in [0.25, 0.3) is 0 Å². The molecule has 0 saturated carbocycles. The van der Waals surface area contributed by atoms with Crippen LogP contribution in [0.4, 0.5) is 13.2 Å². The van der Waals surface area contributed by atoms with E-state index in [4.69, 9.17) is 30.9 Å². The molecule has 1 fully saturated rings. The van der Waals surface area contributed by atoms with Crippen LogP contribution >= 0.6 is 11.6 Å². The molecule has 2 aromatic carbocycles. The zero-order valence-electron chi connectivity index (χ0n) is 18.0. The van der Waals surface area contributed by atoms with E-state index in [-0.39, 0.29) is 11.5 Å². The third-order valence-electron chi connectivity index (χ3n) is 5.27. The zero-order chi connectivity index (χ0) is 26.1. The standard InChI is InChI=1S/C22H22ClF3O9/c1-21(32,9-33-20-17(29)15(27)16(28)18(35-20)19(30)31)13-7-6-12(8-14(13)22(24,25)26)34-11-4-2-10(23)3-5-11/h2-8,15-18,20,27-29,32H,9H2,1H3,(H,30,31)/t15-,16-,17+,18-,20-,21?/m0/s1. The van der Waals surface area contributed by atoms with Crippen LogP contribution in [0.3, 0.4) is 0 Å². The first-order valence-corrected chi connectivity index (χ1v) is 10.5. The number of aliphatic hydroxyl groups is 4. The fraction of sp³-hybridized carbons (Fsp3) is 0.409.